The van der Waals surface area contributed by atoms with Gasteiger partial charge in [-0.3, -0.25) is 9.59 Å². The van der Waals surface area contributed by atoms with Crippen LogP contribution in [0, 0.1) is 11.8 Å². The number of hydrogen-bond acceptors (Lipinski definition) is 2. The molecule has 102 valence electrons. The molecule has 4 heteroatoms. The normalized spacial score (nSPS) is 27.0. The fourth-order valence-electron chi connectivity index (χ4n) is 2.91. The van der Waals surface area contributed by atoms with Crippen LogP contribution in [0.5, 0.6) is 0 Å². The molecule has 1 N–H and O–H groups in total. The Morgan fingerprint density at radius 1 is 1.11 bits per heavy atom. The zero-order valence-electron chi connectivity index (χ0n) is 11.4. The summed E-state index contributed by atoms with van der Waals surface area (Å²) in [6.07, 6.45) is 5.39. The molecule has 0 heterocycles. The van der Waals surface area contributed by atoms with E-state index in [-0.39, 0.29) is 23.7 Å². The summed E-state index contributed by atoms with van der Waals surface area (Å²) in [6.45, 7) is 5.44. The number of carbonyl (C=O) groups excluding carboxylic acids is 2. The highest BCUT2D eigenvalue weighted by Gasteiger charge is 2.49. The molecule has 0 aromatic carbocycles. The lowest BCUT2D eigenvalue weighted by Crippen LogP contribution is -2.36. The molecule has 2 atom stereocenters. The largest absolute Gasteiger partial charge is 0.353 e. The van der Waals surface area contributed by atoms with Crippen LogP contribution in [0.4, 0.5) is 0 Å². The van der Waals surface area contributed by atoms with Crippen molar-refractivity contribution in [2.24, 2.45) is 11.8 Å². The summed E-state index contributed by atoms with van der Waals surface area (Å²) < 4.78 is 0. The Hall–Kier alpha value is -1.06. The molecule has 0 bridgehead atoms. The Labute approximate surface area is 109 Å². The summed E-state index contributed by atoms with van der Waals surface area (Å²) in [4.78, 5) is 25.9. The third kappa shape index (κ3) is 2.85. The van der Waals surface area contributed by atoms with Crippen molar-refractivity contribution in [3.63, 3.8) is 0 Å². The third-order valence-electron chi connectivity index (χ3n) is 4.22. The first-order valence-electron chi connectivity index (χ1n) is 7.26. The summed E-state index contributed by atoms with van der Waals surface area (Å²) >= 11 is 0. The first-order chi connectivity index (χ1) is 8.67. The maximum Gasteiger partial charge on any atom is 0.226 e. The molecule has 2 aliphatic rings. The SMILES string of the molecule is CCN(CC)C(=O)C1CC1C(=O)NC1CCCC1. The van der Waals surface area contributed by atoms with E-state index in [4.69, 9.17) is 0 Å². The van der Waals surface area contributed by atoms with Crippen LogP contribution in [0.3, 0.4) is 0 Å². The lowest BCUT2D eigenvalue weighted by atomic mass is 10.2. The van der Waals surface area contributed by atoms with Crippen LogP contribution in [0.15, 0.2) is 0 Å². The Morgan fingerprint density at radius 2 is 1.72 bits per heavy atom. The van der Waals surface area contributed by atoms with E-state index in [1.54, 1.807) is 0 Å². The molecule has 0 spiro atoms. The van der Waals surface area contributed by atoms with Gasteiger partial charge < -0.3 is 10.2 Å². The molecule has 2 fully saturated rings. The van der Waals surface area contributed by atoms with Crippen LogP contribution in [0.1, 0.15) is 46.0 Å². The van der Waals surface area contributed by atoms with Gasteiger partial charge in [0.05, 0.1) is 11.8 Å². The predicted octanol–water partition coefficient (Wildman–Crippen LogP) is 1.55. The second kappa shape index (κ2) is 5.72. The van der Waals surface area contributed by atoms with E-state index in [2.05, 4.69) is 5.32 Å². The van der Waals surface area contributed by atoms with E-state index in [0.29, 0.717) is 6.04 Å². The molecule has 18 heavy (non-hydrogen) atoms. The van der Waals surface area contributed by atoms with Gasteiger partial charge in [-0.15, -0.1) is 0 Å². The molecule has 0 aromatic rings. The number of amides is 2. The van der Waals surface area contributed by atoms with Crippen LogP contribution < -0.4 is 5.32 Å². The standard InChI is InChI=1S/C14H24N2O2/c1-3-16(4-2)14(18)12-9-11(12)13(17)15-10-7-5-6-8-10/h10-12H,3-9H2,1-2H3,(H,15,17). The number of carbonyl (C=O) groups is 2. The Kier molecular flexibility index (Phi) is 4.25. The van der Waals surface area contributed by atoms with E-state index in [9.17, 15) is 9.59 Å². The number of rotatable bonds is 5. The molecule has 4 nitrogen and oxygen atoms in total. The van der Waals surface area contributed by atoms with E-state index in [0.717, 1.165) is 32.4 Å². The monoisotopic (exact) mass is 252 g/mol. The molecule has 0 saturated heterocycles. The lowest BCUT2D eigenvalue weighted by molar-refractivity contribution is -0.134. The molecule has 0 radical (unpaired) electrons. The van der Waals surface area contributed by atoms with Gasteiger partial charge in [0.15, 0.2) is 0 Å². The van der Waals surface area contributed by atoms with Crippen molar-refractivity contribution in [2.75, 3.05) is 13.1 Å². The Bertz CT molecular complexity index is 320. The van der Waals surface area contributed by atoms with Gasteiger partial charge in [-0.1, -0.05) is 12.8 Å². The van der Waals surface area contributed by atoms with Crippen LogP contribution >= 0.6 is 0 Å². The van der Waals surface area contributed by atoms with Crippen molar-refractivity contribution in [3.05, 3.63) is 0 Å². The van der Waals surface area contributed by atoms with E-state index >= 15 is 0 Å². The van der Waals surface area contributed by atoms with Crippen LogP contribution in [0.25, 0.3) is 0 Å². The number of nitrogens with zero attached hydrogens (tertiary/aromatic N) is 1. The molecule has 2 unspecified atom stereocenters. The maximum absolute atomic E-state index is 12.1. The number of hydrogen-bond donors (Lipinski definition) is 1. The molecule has 0 aromatic heterocycles. The zero-order chi connectivity index (χ0) is 13.1. The molecule has 2 amide bonds. The topological polar surface area (TPSA) is 49.4 Å². The van der Waals surface area contributed by atoms with E-state index in [1.165, 1.54) is 12.8 Å². The molecule has 2 aliphatic carbocycles. The van der Waals surface area contributed by atoms with Crippen molar-refractivity contribution in [1.82, 2.24) is 10.2 Å². The summed E-state index contributed by atoms with van der Waals surface area (Å²) in [7, 11) is 0. The van der Waals surface area contributed by atoms with Gasteiger partial charge in [-0.25, -0.2) is 0 Å². The van der Waals surface area contributed by atoms with Gasteiger partial charge in [0.2, 0.25) is 11.8 Å². The average Bonchev–Trinajstić information content (AvgIpc) is 3.02. The van der Waals surface area contributed by atoms with Crippen LogP contribution in [-0.4, -0.2) is 35.8 Å². The fraction of sp³-hybridized carbons (Fsp3) is 0.857. The molecule has 0 aliphatic heterocycles. The summed E-state index contributed by atoms with van der Waals surface area (Å²) in [5.41, 5.74) is 0. The van der Waals surface area contributed by atoms with Crippen molar-refractivity contribution >= 4 is 11.8 Å². The van der Waals surface area contributed by atoms with Crippen molar-refractivity contribution in [2.45, 2.75) is 52.0 Å². The molecule has 2 saturated carbocycles. The molecular formula is C14H24N2O2. The lowest BCUT2D eigenvalue weighted by Gasteiger charge is -2.18. The van der Waals surface area contributed by atoms with E-state index < -0.39 is 0 Å². The van der Waals surface area contributed by atoms with Gasteiger partial charge in [-0.2, -0.15) is 0 Å². The highest BCUT2D eigenvalue weighted by molar-refractivity contribution is 5.92. The summed E-state index contributed by atoms with van der Waals surface area (Å²) in [5.74, 6) is 0.156. The summed E-state index contributed by atoms with van der Waals surface area (Å²) in [5, 5.41) is 3.09. The van der Waals surface area contributed by atoms with E-state index in [1.807, 2.05) is 18.7 Å². The minimum absolute atomic E-state index is 0.0497. The Morgan fingerprint density at radius 3 is 2.28 bits per heavy atom. The van der Waals surface area contributed by atoms with Gasteiger partial charge >= 0.3 is 0 Å². The number of nitrogens with one attached hydrogen (secondary N) is 1. The maximum atomic E-state index is 12.1. The fourth-order valence-corrected chi connectivity index (χ4v) is 2.91. The third-order valence-corrected chi connectivity index (χ3v) is 4.22. The first kappa shape index (κ1) is 13.4. The van der Waals surface area contributed by atoms with Gasteiger partial charge in [0.25, 0.3) is 0 Å². The predicted molar refractivity (Wildman–Crippen MR) is 69.9 cm³/mol. The minimum Gasteiger partial charge on any atom is -0.353 e. The van der Waals surface area contributed by atoms with Gasteiger partial charge in [0.1, 0.15) is 0 Å². The molecular weight excluding hydrogens is 228 g/mol. The first-order valence-corrected chi connectivity index (χ1v) is 7.26. The minimum atomic E-state index is -0.0568. The van der Waals surface area contributed by atoms with Crippen molar-refractivity contribution in [1.29, 1.82) is 0 Å². The second-order valence-corrected chi connectivity index (χ2v) is 5.45. The van der Waals surface area contributed by atoms with Crippen LogP contribution in [-0.2, 0) is 9.59 Å². The average molecular weight is 252 g/mol. The van der Waals surface area contributed by atoms with Crippen LogP contribution in [0.2, 0.25) is 0 Å². The smallest absolute Gasteiger partial charge is 0.226 e. The van der Waals surface area contributed by atoms with Crippen molar-refractivity contribution in [3.8, 4) is 0 Å². The second-order valence-electron chi connectivity index (χ2n) is 5.45. The van der Waals surface area contributed by atoms with Gasteiger partial charge in [-0.05, 0) is 33.1 Å². The highest BCUT2D eigenvalue weighted by atomic mass is 16.2. The van der Waals surface area contributed by atoms with Crippen molar-refractivity contribution < 1.29 is 9.59 Å². The quantitative estimate of drug-likeness (QED) is 0.807. The zero-order valence-corrected chi connectivity index (χ0v) is 11.4. The molecule has 2 rings (SSSR count). The summed E-state index contributed by atoms with van der Waals surface area (Å²) in [6, 6.07) is 0.363. The van der Waals surface area contributed by atoms with Gasteiger partial charge in [0, 0.05) is 19.1 Å². The highest BCUT2D eigenvalue weighted by Crippen LogP contribution is 2.40. The Balaban J connectivity index is 1.79.